The summed E-state index contributed by atoms with van der Waals surface area (Å²) in [5, 5.41) is 19.2. The molecule has 130 valence electrons. The number of hydrogen-bond acceptors (Lipinski definition) is 5. The summed E-state index contributed by atoms with van der Waals surface area (Å²) < 4.78 is 11.8. The second-order valence-corrected chi connectivity index (χ2v) is 7.04. The molecule has 1 spiro atoms. The van der Waals surface area contributed by atoms with Crippen LogP contribution < -0.4 is 9.47 Å². The Labute approximate surface area is 142 Å². The van der Waals surface area contributed by atoms with Crippen LogP contribution in [0, 0.1) is 0 Å². The lowest BCUT2D eigenvalue weighted by molar-refractivity contribution is 0.0806. The van der Waals surface area contributed by atoms with Crippen molar-refractivity contribution >= 4 is 0 Å². The van der Waals surface area contributed by atoms with Crippen LogP contribution in [0.2, 0.25) is 0 Å². The number of aliphatic hydroxyl groups is 2. The van der Waals surface area contributed by atoms with Gasteiger partial charge >= 0.3 is 0 Å². The van der Waals surface area contributed by atoms with Gasteiger partial charge in [0.15, 0.2) is 11.5 Å². The minimum atomic E-state index is -0.446. The lowest BCUT2D eigenvalue weighted by atomic mass is 9.69. The first-order chi connectivity index (χ1) is 11.7. The average Bonchev–Trinajstić information content (AvgIpc) is 2.83. The quantitative estimate of drug-likeness (QED) is 0.821. The fourth-order valence-corrected chi connectivity index (χ4v) is 4.48. The van der Waals surface area contributed by atoms with Crippen LogP contribution in [0.5, 0.6) is 11.5 Å². The molecule has 2 aliphatic heterocycles. The SMILES string of the molecule is COc1ccc2c3c1O[C@H]1C[C@@H](O)C=C[C@@]31CCN(CCCO)C2. The van der Waals surface area contributed by atoms with E-state index < -0.39 is 6.10 Å². The van der Waals surface area contributed by atoms with Crippen molar-refractivity contribution in [1.29, 1.82) is 0 Å². The minimum absolute atomic E-state index is 0.0414. The molecule has 3 atom stereocenters. The Morgan fingerprint density at radius 2 is 2.29 bits per heavy atom. The molecule has 0 bridgehead atoms. The fourth-order valence-electron chi connectivity index (χ4n) is 4.48. The van der Waals surface area contributed by atoms with E-state index in [0.29, 0.717) is 6.42 Å². The molecule has 0 aromatic heterocycles. The summed E-state index contributed by atoms with van der Waals surface area (Å²) >= 11 is 0. The highest BCUT2D eigenvalue weighted by atomic mass is 16.5. The highest BCUT2D eigenvalue weighted by Crippen LogP contribution is 2.55. The van der Waals surface area contributed by atoms with Gasteiger partial charge in [-0.15, -0.1) is 0 Å². The number of aliphatic hydroxyl groups excluding tert-OH is 2. The van der Waals surface area contributed by atoms with E-state index in [4.69, 9.17) is 14.6 Å². The van der Waals surface area contributed by atoms with Gasteiger partial charge in [-0.2, -0.15) is 0 Å². The van der Waals surface area contributed by atoms with Crippen molar-refractivity contribution in [2.45, 2.75) is 43.4 Å². The smallest absolute Gasteiger partial charge is 0.166 e. The van der Waals surface area contributed by atoms with Crippen LogP contribution in [0.15, 0.2) is 24.3 Å². The molecule has 0 saturated carbocycles. The molecule has 1 aromatic carbocycles. The number of benzene rings is 1. The Bertz CT molecular complexity index is 659. The van der Waals surface area contributed by atoms with E-state index in [-0.39, 0.29) is 18.1 Å². The molecular formula is C19H25NO4. The highest BCUT2D eigenvalue weighted by molar-refractivity contribution is 5.60. The monoisotopic (exact) mass is 331 g/mol. The number of rotatable bonds is 4. The van der Waals surface area contributed by atoms with E-state index in [1.165, 1.54) is 11.1 Å². The summed E-state index contributed by atoms with van der Waals surface area (Å²) in [6.07, 6.45) is 5.96. The third-order valence-corrected chi connectivity index (χ3v) is 5.67. The molecule has 5 heteroatoms. The standard InChI is InChI=1S/C19H25NO4/c1-23-15-4-3-13-12-20(8-2-10-21)9-7-19-6-5-14(22)11-16(19)24-18(15)17(13)19/h3-6,14,16,21-22H,2,7-12H2,1H3/t14-,16-,19-/m0/s1. The molecule has 4 rings (SSSR count). The van der Waals surface area contributed by atoms with E-state index in [1.807, 2.05) is 12.1 Å². The van der Waals surface area contributed by atoms with Crippen molar-refractivity contribution < 1.29 is 19.7 Å². The zero-order chi connectivity index (χ0) is 16.7. The molecule has 24 heavy (non-hydrogen) atoms. The molecule has 3 aliphatic rings. The van der Waals surface area contributed by atoms with Crippen LogP contribution in [0.25, 0.3) is 0 Å². The first-order valence-corrected chi connectivity index (χ1v) is 8.75. The molecule has 2 N–H and O–H groups in total. The Hall–Kier alpha value is -1.56. The van der Waals surface area contributed by atoms with E-state index in [2.05, 4.69) is 17.0 Å². The predicted molar refractivity (Wildman–Crippen MR) is 90.4 cm³/mol. The van der Waals surface area contributed by atoms with Crippen LogP contribution in [-0.4, -0.2) is 54.1 Å². The average molecular weight is 331 g/mol. The molecule has 1 aliphatic carbocycles. The van der Waals surface area contributed by atoms with Crippen LogP contribution in [0.1, 0.15) is 30.4 Å². The maximum atomic E-state index is 10.1. The van der Waals surface area contributed by atoms with Gasteiger partial charge in [-0.3, -0.25) is 4.90 Å². The molecule has 0 fully saturated rings. The molecule has 5 nitrogen and oxygen atoms in total. The van der Waals surface area contributed by atoms with Gasteiger partial charge in [-0.25, -0.2) is 0 Å². The zero-order valence-corrected chi connectivity index (χ0v) is 14.1. The summed E-state index contributed by atoms with van der Waals surface area (Å²) in [6.45, 7) is 2.93. The van der Waals surface area contributed by atoms with E-state index in [1.54, 1.807) is 7.11 Å². The second kappa shape index (κ2) is 6.06. The summed E-state index contributed by atoms with van der Waals surface area (Å²) in [4.78, 5) is 2.40. The van der Waals surface area contributed by atoms with E-state index in [0.717, 1.165) is 44.0 Å². The van der Waals surface area contributed by atoms with Gasteiger partial charge in [0.2, 0.25) is 0 Å². The molecule has 0 amide bonds. The molecule has 0 saturated heterocycles. The molecule has 0 unspecified atom stereocenters. The Morgan fingerprint density at radius 3 is 3.08 bits per heavy atom. The first kappa shape index (κ1) is 15.9. The minimum Gasteiger partial charge on any atom is -0.493 e. The zero-order valence-electron chi connectivity index (χ0n) is 14.1. The van der Waals surface area contributed by atoms with Gasteiger partial charge in [0.25, 0.3) is 0 Å². The second-order valence-electron chi connectivity index (χ2n) is 7.04. The lowest BCUT2D eigenvalue weighted by Crippen LogP contribution is -2.43. The van der Waals surface area contributed by atoms with E-state index >= 15 is 0 Å². The summed E-state index contributed by atoms with van der Waals surface area (Å²) in [6, 6.07) is 4.12. The van der Waals surface area contributed by atoms with Crippen molar-refractivity contribution in [1.82, 2.24) is 4.90 Å². The first-order valence-electron chi connectivity index (χ1n) is 8.75. The van der Waals surface area contributed by atoms with Gasteiger partial charge in [-0.05, 0) is 31.0 Å². The third-order valence-electron chi connectivity index (χ3n) is 5.67. The van der Waals surface area contributed by atoms with Crippen LogP contribution in [-0.2, 0) is 12.0 Å². The number of ether oxygens (including phenoxy) is 2. The number of methoxy groups -OCH3 is 1. The van der Waals surface area contributed by atoms with Crippen molar-refractivity contribution in [3.8, 4) is 11.5 Å². The van der Waals surface area contributed by atoms with Crippen molar-refractivity contribution in [3.63, 3.8) is 0 Å². The number of hydrogen-bond donors (Lipinski definition) is 2. The maximum absolute atomic E-state index is 10.1. The van der Waals surface area contributed by atoms with Gasteiger partial charge < -0.3 is 19.7 Å². The van der Waals surface area contributed by atoms with Crippen molar-refractivity contribution in [3.05, 3.63) is 35.4 Å². The van der Waals surface area contributed by atoms with Crippen LogP contribution >= 0.6 is 0 Å². The predicted octanol–water partition coefficient (Wildman–Crippen LogP) is 1.60. The van der Waals surface area contributed by atoms with Crippen molar-refractivity contribution in [2.24, 2.45) is 0 Å². The summed E-state index contributed by atoms with van der Waals surface area (Å²) in [5.41, 5.74) is 2.33. The van der Waals surface area contributed by atoms with Crippen LogP contribution in [0.3, 0.4) is 0 Å². The van der Waals surface area contributed by atoms with Gasteiger partial charge in [-0.1, -0.05) is 18.2 Å². The van der Waals surface area contributed by atoms with Gasteiger partial charge in [0.1, 0.15) is 6.10 Å². The Kier molecular flexibility index (Phi) is 4.03. The molecule has 0 radical (unpaired) electrons. The highest BCUT2D eigenvalue weighted by Gasteiger charge is 2.52. The third kappa shape index (κ3) is 2.34. The van der Waals surface area contributed by atoms with Gasteiger partial charge in [0.05, 0.1) is 18.6 Å². The Balaban J connectivity index is 1.80. The largest absolute Gasteiger partial charge is 0.493 e. The lowest BCUT2D eigenvalue weighted by Gasteiger charge is -2.35. The van der Waals surface area contributed by atoms with E-state index in [9.17, 15) is 5.11 Å². The fraction of sp³-hybridized carbons (Fsp3) is 0.579. The van der Waals surface area contributed by atoms with Gasteiger partial charge in [0, 0.05) is 31.7 Å². The summed E-state index contributed by atoms with van der Waals surface area (Å²) in [7, 11) is 1.67. The molecule has 2 heterocycles. The number of nitrogens with zero attached hydrogens (tertiary/aromatic N) is 1. The normalized spacial score (nSPS) is 31.1. The van der Waals surface area contributed by atoms with Crippen molar-refractivity contribution in [2.75, 3.05) is 26.8 Å². The summed E-state index contributed by atoms with van der Waals surface area (Å²) in [5.74, 6) is 1.62. The molecule has 1 aromatic rings. The Morgan fingerprint density at radius 1 is 1.42 bits per heavy atom. The maximum Gasteiger partial charge on any atom is 0.166 e. The molecular weight excluding hydrogens is 306 g/mol. The topological polar surface area (TPSA) is 62.2 Å². The van der Waals surface area contributed by atoms with Crippen LogP contribution in [0.4, 0.5) is 0 Å².